The number of benzene rings is 1. The van der Waals surface area contributed by atoms with Crippen LogP contribution < -0.4 is 5.32 Å². The van der Waals surface area contributed by atoms with Crippen LogP contribution in [0.5, 0.6) is 0 Å². The number of hydrogen-bond donors (Lipinski definition) is 1. The molecule has 1 aromatic rings. The Kier molecular flexibility index (Phi) is 7.77. The van der Waals surface area contributed by atoms with E-state index < -0.39 is 0 Å². The maximum Gasteiger partial charge on any atom is 0.193 e. The van der Waals surface area contributed by atoms with Gasteiger partial charge < -0.3 is 15.0 Å². The fourth-order valence-electron chi connectivity index (χ4n) is 3.83. The highest BCUT2D eigenvalue weighted by molar-refractivity contribution is 5.80. The molecular weight excluding hydrogens is 324 g/mol. The lowest BCUT2D eigenvalue weighted by Gasteiger charge is -2.26. The number of rotatable bonds is 7. The third kappa shape index (κ3) is 5.71. The van der Waals surface area contributed by atoms with E-state index in [1.165, 1.54) is 24.9 Å². The van der Waals surface area contributed by atoms with Crippen LogP contribution in [-0.4, -0.2) is 74.8 Å². The number of aliphatic imine (C=N–C) groups is 1. The van der Waals surface area contributed by atoms with Crippen LogP contribution >= 0.6 is 0 Å². The summed E-state index contributed by atoms with van der Waals surface area (Å²) in [7, 11) is 0. The Morgan fingerprint density at radius 2 is 1.96 bits per heavy atom. The molecule has 0 spiro atoms. The first-order valence-electron chi connectivity index (χ1n) is 10.2. The van der Waals surface area contributed by atoms with Crippen molar-refractivity contribution in [1.29, 1.82) is 0 Å². The topological polar surface area (TPSA) is 40.1 Å². The van der Waals surface area contributed by atoms with Crippen LogP contribution in [0, 0.1) is 0 Å². The molecule has 0 bridgehead atoms. The van der Waals surface area contributed by atoms with Gasteiger partial charge in [0, 0.05) is 45.2 Å². The third-order valence-corrected chi connectivity index (χ3v) is 5.34. The van der Waals surface area contributed by atoms with Crippen molar-refractivity contribution in [3.63, 3.8) is 0 Å². The van der Waals surface area contributed by atoms with Crippen molar-refractivity contribution in [3.8, 4) is 0 Å². The Morgan fingerprint density at radius 1 is 1.15 bits per heavy atom. The zero-order valence-electron chi connectivity index (χ0n) is 16.2. The van der Waals surface area contributed by atoms with Crippen LogP contribution in [-0.2, 0) is 4.74 Å². The molecule has 0 aromatic heterocycles. The Balaban J connectivity index is 1.43. The van der Waals surface area contributed by atoms with Crippen LogP contribution in [0.3, 0.4) is 0 Å². The quantitative estimate of drug-likeness (QED) is 0.462. The van der Waals surface area contributed by atoms with Crippen molar-refractivity contribution in [2.45, 2.75) is 32.1 Å². The van der Waals surface area contributed by atoms with Crippen molar-refractivity contribution in [2.75, 3.05) is 59.0 Å². The fourth-order valence-corrected chi connectivity index (χ4v) is 3.83. The minimum absolute atomic E-state index is 0.626. The average Bonchev–Trinajstić information content (AvgIpc) is 3.18. The van der Waals surface area contributed by atoms with E-state index in [1.807, 2.05) is 0 Å². The van der Waals surface area contributed by atoms with Crippen LogP contribution in [0.1, 0.15) is 37.7 Å². The monoisotopic (exact) mass is 358 g/mol. The van der Waals surface area contributed by atoms with E-state index in [9.17, 15) is 0 Å². The van der Waals surface area contributed by atoms with Crippen LogP contribution in [0.4, 0.5) is 0 Å². The lowest BCUT2D eigenvalue weighted by molar-refractivity contribution is 0.0373. The van der Waals surface area contributed by atoms with Gasteiger partial charge in [-0.1, -0.05) is 30.3 Å². The Morgan fingerprint density at radius 3 is 2.73 bits per heavy atom. The number of guanidine groups is 1. The molecule has 0 radical (unpaired) electrons. The smallest absolute Gasteiger partial charge is 0.193 e. The second kappa shape index (κ2) is 10.5. The molecule has 2 saturated heterocycles. The minimum atomic E-state index is 0.626. The maximum atomic E-state index is 5.41. The van der Waals surface area contributed by atoms with Crippen molar-refractivity contribution in [2.24, 2.45) is 4.99 Å². The first kappa shape index (κ1) is 19.2. The summed E-state index contributed by atoms with van der Waals surface area (Å²) in [5.41, 5.74) is 1.45. The molecule has 26 heavy (non-hydrogen) atoms. The first-order valence-corrected chi connectivity index (χ1v) is 10.2. The Bertz CT molecular complexity index is 542. The van der Waals surface area contributed by atoms with Gasteiger partial charge in [-0.15, -0.1) is 0 Å². The third-order valence-electron chi connectivity index (χ3n) is 5.34. The van der Waals surface area contributed by atoms with Gasteiger partial charge in [-0.25, -0.2) is 0 Å². The average molecular weight is 359 g/mol. The molecule has 1 atom stereocenters. The molecule has 2 fully saturated rings. The van der Waals surface area contributed by atoms with Crippen LogP contribution in [0.15, 0.2) is 35.3 Å². The largest absolute Gasteiger partial charge is 0.379 e. The van der Waals surface area contributed by atoms with Gasteiger partial charge in [0.1, 0.15) is 0 Å². The van der Waals surface area contributed by atoms with E-state index in [4.69, 9.17) is 9.73 Å². The number of nitrogens with zero attached hydrogens (tertiary/aromatic N) is 3. The predicted octanol–water partition coefficient (Wildman–Crippen LogP) is 2.55. The Labute approximate surface area is 158 Å². The standard InChI is InChI=1S/C21H34N4O/c1-2-22-21(23-11-6-7-12-24-14-16-26-17-15-24)25-13-10-20(18-25)19-8-4-3-5-9-19/h3-5,8-9,20H,2,6-7,10-18H2,1H3,(H,22,23). The highest BCUT2D eigenvalue weighted by Crippen LogP contribution is 2.26. The van der Waals surface area contributed by atoms with Gasteiger partial charge in [0.25, 0.3) is 0 Å². The SMILES string of the molecule is CCNC(=NCCCCN1CCOCC1)N1CCC(c2ccccc2)C1. The number of likely N-dealkylation sites (tertiary alicyclic amines) is 1. The highest BCUT2D eigenvalue weighted by atomic mass is 16.5. The number of hydrogen-bond acceptors (Lipinski definition) is 3. The number of ether oxygens (including phenoxy) is 1. The van der Waals surface area contributed by atoms with E-state index >= 15 is 0 Å². The van der Waals surface area contributed by atoms with E-state index in [2.05, 4.69) is 52.4 Å². The summed E-state index contributed by atoms with van der Waals surface area (Å²) in [6, 6.07) is 10.9. The van der Waals surface area contributed by atoms with Crippen LogP contribution in [0.2, 0.25) is 0 Å². The summed E-state index contributed by atoms with van der Waals surface area (Å²) in [4.78, 5) is 9.83. The molecule has 144 valence electrons. The normalized spacial score (nSPS) is 22.0. The molecule has 0 saturated carbocycles. The van der Waals surface area contributed by atoms with Gasteiger partial charge in [-0.3, -0.25) is 9.89 Å². The molecule has 5 heteroatoms. The molecule has 1 N–H and O–H groups in total. The first-order chi connectivity index (χ1) is 12.9. The summed E-state index contributed by atoms with van der Waals surface area (Å²) >= 11 is 0. The zero-order valence-corrected chi connectivity index (χ0v) is 16.2. The second-order valence-corrected chi connectivity index (χ2v) is 7.24. The van der Waals surface area contributed by atoms with E-state index in [0.717, 1.165) is 64.9 Å². The van der Waals surface area contributed by atoms with E-state index in [1.54, 1.807) is 0 Å². The van der Waals surface area contributed by atoms with Crippen molar-refractivity contribution in [3.05, 3.63) is 35.9 Å². The molecule has 1 aromatic carbocycles. The van der Waals surface area contributed by atoms with Crippen molar-refractivity contribution >= 4 is 5.96 Å². The van der Waals surface area contributed by atoms with Gasteiger partial charge in [0.15, 0.2) is 5.96 Å². The minimum Gasteiger partial charge on any atom is -0.379 e. The number of nitrogens with one attached hydrogen (secondary N) is 1. The molecule has 2 heterocycles. The lowest BCUT2D eigenvalue weighted by atomic mass is 9.99. The molecule has 0 amide bonds. The van der Waals surface area contributed by atoms with Gasteiger partial charge >= 0.3 is 0 Å². The lowest BCUT2D eigenvalue weighted by Crippen LogP contribution is -2.40. The van der Waals surface area contributed by atoms with Gasteiger partial charge in [0.2, 0.25) is 0 Å². The number of unbranched alkanes of at least 4 members (excludes halogenated alkanes) is 1. The highest BCUT2D eigenvalue weighted by Gasteiger charge is 2.25. The van der Waals surface area contributed by atoms with Gasteiger partial charge in [-0.05, 0) is 38.3 Å². The summed E-state index contributed by atoms with van der Waals surface area (Å²) in [5, 5.41) is 3.49. The second-order valence-electron chi connectivity index (χ2n) is 7.24. The van der Waals surface area contributed by atoms with E-state index in [0.29, 0.717) is 5.92 Å². The summed E-state index contributed by atoms with van der Waals surface area (Å²) in [6.45, 7) is 11.3. The molecule has 5 nitrogen and oxygen atoms in total. The summed E-state index contributed by atoms with van der Waals surface area (Å²) in [5.74, 6) is 1.72. The predicted molar refractivity (Wildman–Crippen MR) is 108 cm³/mol. The van der Waals surface area contributed by atoms with Gasteiger partial charge in [0.05, 0.1) is 13.2 Å². The van der Waals surface area contributed by atoms with E-state index in [-0.39, 0.29) is 0 Å². The molecular formula is C21H34N4O. The maximum absolute atomic E-state index is 5.41. The zero-order chi connectivity index (χ0) is 18.0. The molecule has 1 unspecified atom stereocenters. The fraction of sp³-hybridized carbons (Fsp3) is 0.667. The van der Waals surface area contributed by atoms with Crippen LogP contribution in [0.25, 0.3) is 0 Å². The molecule has 2 aliphatic rings. The summed E-state index contributed by atoms with van der Waals surface area (Å²) < 4.78 is 5.41. The summed E-state index contributed by atoms with van der Waals surface area (Å²) in [6.07, 6.45) is 3.59. The molecule has 3 rings (SSSR count). The Hall–Kier alpha value is -1.59. The molecule has 2 aliphatic heterocycles. The van der Waals surface area contributed by atoms with Gasteiger partial charge in [-0.2, -0.15) is 0 Å². The number of morpholine rings is 1. The van der Waals surface area contributed by atoms with Crippen molar-refractivity contribution < 1.29 is 4.74 Å². The van der Waals surface area contributed by atoms with Crippen molar-refractivity contribution in [1.82, 2.24) is 15.1 Å². The molecule has 0 aliphatic carbocycles.